The highest BCUT2D eigenvalue weighted by Gasteiger charge is 2.12. The molecule has 16 heavy (non-hydrogen) atoms. The number of ether oxygens (including phenoxy) is 2. The minimum absolute atomic E-state index is 0.0252. The number of nitrogens with two attached hydrogens (primary N) is 1. The fraction of sp³-hybridized carbons (Fsp3) is 0.727. The lowest BCUT2D eigenvalue weighted by Crippen LogP contribution is -2.13. The first-order valence-electron chi connectivity index (χ1n) is 5.39. The summed E-state index contributed by atoms with van der Waals surface area (Å²) < 4.78 is 10.2. The molecule has 1 heterocycles. The van der Waals surface area contributed by atoms with Gasteiger partial charge < -0.3 is 15.2 Å². The van der Waals surface area contributed by atoms with Crippen LogP contribution in [0.1, 0.15) is 30.1 Å². The van der Waals surface area contributed by atoms with E-state index < -0.39 is 0 Å². The lowest BCUT2D eigenvalue weighted by atomic mass is 10.2. The molecule has 0 saturated carbocycles. The summed E-state index contributed by atoms with van der Waals surface area (Å²) in [7, 11) is 3.39. The van der Waals surface area contributed by atoms with Gasteiger partial charge in [0.1, 0.15) is 0 Å². The van der Waals surface area contributed by atoms with Gasteiger partial charge in [-0.05, 0) is 13.3 Å². The molecule has 4 nitrogen and oxygen atoms in total. The van der Waals surface area contributed by atoms with Crippen LogP contribution in [-0.4, -0.2) is 31.9 Å². The van der Waals surface area contributed by atoms with Gasteiger partial charge in [-0.15, -0.1) is 11.3 Å². The van der Waals surface area contributed by atoms with Gasteiger partial charge in [-0.25, -0.2) is 4.98 Å². The van der Waals surface area contributed by atoms with Crippen LogP contribution in [0, 0.1) is 0 Å². The zero-order valence-electron chi connectivity index (χ0n) is 10.1. The average Bonchev–Trinajstić information content (AvgIpc) is 2.74. The van der Waals surface area contributed by atoms with E-state index >= 15 is 0 Å². The predicted molar refractivity (Wildman–Crippen MR) is 65.7 cm³/mol. The molecular weight excluding hydrogens is 224 g/mol. The first-order valence-corrected chi connectivity index (χ1v) is 6.27. The monoisotopic (exact) mass is 244 g/mol. The quantitative estimate of drug-likeness (QED) is 0.794. The minimum atomic E-state index is -0.0252. The smallest absolute Gasteiger partial charge is 0.0954 e. The van der Waals surface area contributed by atoms with Crippen molar-refractivity contribution in [2.45, 2.75) is 31.9 Å². The van der Waals surface area contributed by atoms with Crippen LogP contribution in [0.3, 0.4) is 0 Å². The van der Waals surface area contributed by atoms with Gasteiger partial charge in [0.15, 0.2) is 0 Å². The number of hydrogen-bond donors (Lipinski definition) is 1. The van der Waals surface area contributed by atoms with Gasteiger partial charge >= 0.3 is 0 Å². The fourth-order valence-corrected chi connectivity index (χ4v) is 2.28. The second-order valence-corrected chi connectivity index (χ2v) is 4.75. The molecular formula is C11H20N2O2S. The van der Waals surface area contributed by atoms with E-state index in [4.69, 9.17) is 15.2 Å². The Kier molecular flexibility index (Phi) is 5.90. The third-order valence-corrected chi connectivity index (χ3v) is 3.34. The Labute approximate surface area is 101 Å². The number of aromatic nitrogens is 1. The molecule has 0 bridgehead atoms. The average molecular weight is 244 g/mol. The van der Waals surface area contributed by atoms with Crippen molar-refractivity contribution in [1.29, 1.82) is 0 Å². The van der Waals surface area contributed by atoms with Crippen molar-refractivity contribution in [3.63, 3.8) is 0 Å². The molecule has 0 fully saturated rings. The van der Waals surface area contributed by atoms with Crippen LogP contribution < -0.4 is 5.73 Å². The molecule has 0 aliphatic rings. The van der Waals surface area contributed by atoms with Crippen LogP contribution in [-0.2, 0) is 15.9 Å². The highest BCUT2D eigenvalue weighted by Crippen LogP contribution is 2.19. The largest absolute Gasteiger partial charge is 0.385 e. The van der Waals surface area contributed by atoms with Crippen molar-refractivity contribution in [2.75, 3.05) is 20.8 Å². The molecule has 1 aromatic heterocycles. The van der Waals surface area contributed by atoms with Crippen LogP contribution >= 0.6 is 11.3 Å². The first-order chi connectivity index (χ1) is 7.67. The number of nitrogens with zero attached hydrogens (tertiary/aromatic N) is 1. The molecule has 0 spiro atoms. The number of hydrogen-bond acceptors (Lipinski definition) is 5. The normalized spacial score (nSPS) is 15.0. The standard InChI is InChI=1S/C11H20N2O2S/c1-8(15-3)6-11-13-10(7-16-11)9(12)4-5-14-2/h7-9H,4-6,12H2,1-3H3. The van der Waals surface area contributed by atoms with E-state index in [1.807, 2.05) is 12.3 Å². The minimum Gasteiger partial charge on any atom is -0.385 e. The van der Waals surface area contributed by atoms with Crippen LogP contribution in [0.25, 0.3) is 0 Å². The molecule has 92 valence electrons. The van der Waals surface area contributed by atoms with E-state index in [0.717, 1.165) is 23.5 Å². The van der Waals surface area contributed by atoms with Crippen LogP contribution in [0.4, 0.5) is 0 Å². The van der Waals surface area contributed by atoms with Gasteiger partial charge in [0.05, 0.1) is 22.8 Å². The Bertz CT molecular complexity index is 304. The second-order valence-electron chi connectivity index (χ2n) is 3.80. The Morgan fingerprint density at radius 3 is 2.88 bits per heavy atom. The Balaban J connectivity index is 2.50. The lowest BCUT2D eigenvalue weighted by molar-refractivity contribution is 0.118. The summed E-state index contributed by atoms with van der Waals surface area (Å²) in [5, 5.41) is 3.11. The molecule has 5 heteroatoms. The van der Waals surface area contributed by atoms with E-state index in [2.05, 4.69) is 4.98 Å². The summed E-state index contributed by atoms with van der Waals surface area (Å²) in [6.45, 7) is 2.70. The maximum atomic E-state index is 5.99. The van der Waals surface area contributed by atoms with E-state index in [9.17, 15) is 0 Å². The highest BCUT2D eigenvalue weighted by molar-refractivity contribution is 7.09. The number of rotatable bonds is 7. The van der Waals surface area contributed by atoms with Crippen LogP contribution in [0.15, 0.2) is 5.38 Å². The van der Waals surface area contributed by atoms with Gasteiger partial charge in [0.25, 0.3) is 0 Å². The van der Waals surface area contributed by atoms with E-state index in [-0.39, 0.29) is 12.1 Å². The fourth-order valence-electron chi connectivity index (χ4n) is 1.31. The third-order valence-electron chi connectivity index (χ3n) is 2.45. The first kappa shape index (κ1) is 13.6. The summed E-state index contributed by atoms with van der Waals surface area (Å²) in [6.07, 6.45) is 1.85. The van der Waals surface area contributed by atoms with Gasteiger partial charge in [0, 0.05) is 32.6 Å². The number of thiazole rings is 1. The third kappa shape index (κ3) is 4.17. The topological polar surface area (TPSA) is 57.4 Å². The summed E-state index contributed by atoms with van der Waals surface area (Å²) in [5.41, 5.74) is 6.95. The van der Waals surface area contributed by atoms with E-state index in [1.165, 1.54) is 0 Å². The van der Waals surface area contributed by atoms with Crippen molar-refractivity contribution < 1.29 is 9.47 Å². The maximum absolute atomic E-state index is 5.99. The lowest BCUT2D eigenvalue weighted by Gasteiger charge is -2.08. The van der Waals surface area contributed by atoms with Crippen molar-refractivity contribution >= 4 is 11.3 Å². The van der Waals surface area contributed by atoms with Crippen molar-refractivity contribution in [3.05, 3.63) is 16.1 Å². The molecule has 2 N–H and O–H groups in total. The van der Waals surface area contributed by atoms with Gasteiger partial charge in [-0.2, -0.15) is 0 Å². The molecule has 1 aromatic rings. The summed E-state index contributed by atoms with van der Waals surface area (Å²) in [6, 6.07) is -0.0252. The van der Waals surface area contributed by atoms with E-state index in [0.29, 0.717) is 6.61 Å². The maximum Gasteiger partial charge on any atom is 0.0954 e. The molecule has 0 radical (unpaired) electrons. The molecule has 0 amide bonds. The van der Waals surface area contributed by atoms with Gasteiger partial charge in [-0.3, -0.25) is 0 Å². The number of methoxy groups -OCH3 is 2. The van der Waals surface area contributed by atoms with Gasteiger partial charge in [-0.1, -0.05) is 0 Å². The molecule has 1 rings (SSSR count). The molecule has 2 atom stereocenters. The summed E-state index contributed by atoms with van der Waals surface area (Å²) in [4.78, 5) is 4.51. The Morgan fingerprint density at radius 2 is 2.25 bits per heavy atom. The van der Waals surface area contributed by atoms with Crippen molar-refractivity contribution in [1.82, 2.24) is 4.98 Å². The Morgan fingerprint density at radius 1 is 1.50 bits per heavy atom. The zero-order valence-corrected chi connectivity index (χ0v) is 10.9. The zero-order chi connectivity index (χ0) is 12.0. The molecule has 0 aromatic carbocycles. The predicted octanol–water partition coefficient (Wildman–Crippen LogP) is 1.76. The van der Waals surface area contributed by atoms with Crippen molar-refractivity contribution in [2.24, 2.45) is 5.73 Å². The van der Waals surface area contributed by atoms with Crippen molar-refractivity contribution in [3.8, 4) is 0 Å². The van der Waals surface area contributed by atoms with Crippen LogP contribution in [0.5, 0.6) is 0 Å². The van der Waals surface area contributed by atoms with Gasteiger partial charge in [0.2, 0.25) is 0 Å². The highest BCUT2D eigenvalue weighted by atomic mass is 32.1. The molecule has 0 aliphatic heterocycles. The van der Waals surface area contributed by atoms with Crippen LogP contribution in [0.2, 0.25) is 0 Å². The molecule has 2 unspecified atom stereocenters. The second kappa shape index (κ2) is 6.96. The SMILES string of the molecule is COCCC(N)c1csc(CC(C)OC)n1. The molecule has 0 saturated heterocycles. The van der Waals surface area contributed by atoms with E-state index in [1.54, 1.807) is 25.6 Å². The summed E-state index contributed by atoms with van der Waals surface area (Å²) in [5.74, 6) is 0. The Hall–Kier alpha value is -0.490. The summed E-state index contributed by atoms with van der Waals surface area (Å²) >= 11 is 1.64. The molecule has 0 aliphatic carbocycles.